The minimum Gasteiger partial charge on any atom is -0.492 e. The van der Waals surface area contributed by atoms with Crippen LogP contribution < -0.4 is 4.74 Å². The summed E-state index contributed by atoms with van der Waals surface area (Å²) in [6.45, 7) is 2.61. The van der Waals surface area contributed by atoms with Crippen LogP contribution >= 0.6 is 0 Å². The zero-order chi connectivity index (χ0) is 16.5. The first-order valence-corrected chi connectivity index (χ1v) is 7.63. The first kappa shape index (κ1) is 16.3. The fraction of sp³-hybridized carbons (Fsp3) is 0.200. The van der Waals surface area contributed by atoms with Crippen LogP contribution in [0, 0.1) is 22.7 Å². The van der Waals surface area contributed by atoms with Gasteiger partial charge in [-0.25, -0.2) is 0 Å². The van der Waals surface area contributed by atoms with Crippen molar-refractivity contribution in [3.8, 4) is 17.9 Å². The summed E-state index contributed by atoms with van der Waals surface area (Å²) >= 11 is 0. The van der Waals surface area contributed by atoms with Crippen molar-refractivity contribution >= 4 is 12.2 Å². The van der Waals surface area contributed by atoms with Crippen LogP contribution in [0.1, 0.15) is 42.0 Å². The summed E-state index contributed by atoms with van der Waals surface area (Å²) in [6, 6.07) is 17.5. The second-order valence-corrected chi connectivity index (χ2v) is 5.08. The van der Waals surface area contributed by atoms with Gasteiger partial charge in [-0.05, 0) is 24.1 Å². The predicted octanol–water partition coefficient (Wildman–Crippen LogP) is 4.78. The molecule has 0 spiro atoms. The van der Waals surface area contributed by atoms with Gasteiger partial charge in [-0.2, -0.15) is 10.5 Å². The molecule has 114 valence electrons. The summed E-state index contributed by atoms with van der Waals surface area (Å²) in [5.41, 5.74) is 2.52. The Kier molecular flexibility index (Phi) is 5.98. The Morgan fingerprint density at radius 2 is 1.78 bits per heavy atom. The molecule has 23 heavy (non-hydrogen) atoms. The van der Waals surface area contributed by atoms with Gasteiger partial charge in [-0.1, -0.05) is 55.8 Å². The lowest BCUT2D eigenvalue weighted by Gasteiger charge is -2.11. The van der Waals surface area contributed by atoms with E-state index in [-0.39, 0.29) is 0 Å². The highest BCUT2D eigenvalue weighted by Crippen LogP contribution is 2.28. The van der Waals surface area contributed by atoms with E-state index in [9.17, 15) is 5.26 Å². The number of hydrogen-bond acceptors (Lipinski definition) is 3. The predicted molar refractivity (Wildman–Crippen MR) is 91.6 cm³/mol. The Hall–Kier alpha value is -3.04. The van der Waals surface area contributed by atoms with E-state index in [1.165, 1.54) is 0 Å². The summed E-state index contributed by atoms with van der Waals surface area (Å²) < 4.78 is 5.81. The van der Waals surface area contributed by atoms with Crippen LogP contribution in [0.2, 0.25) is 0 Å². The molecule has 0 N–H and O–H groups in total. The molecule has 2 rings (SSSR count). The minimum atomic E-state index is 0.304. The molecule has 0 fully saturated rings. The van der Waals surface area contributed by atoms with Crippen molar-refractivity contribution in [2.45, 2.75) is 19.8 Å². The lowest BCUT2D eigenvalue weighted by Crippen LogP contribution is -2.02. The maximum Gasteiger partial charge on any atom is 0.145 e. The lowest BCUT2D eigenvalue weighted by atomic mass is 10.0. The summed E-state index contributed by atoms with van der Waals surface area (Å²) in [4.78, 5) is 0. The number of benzene rings is 2. The second-order valence-electron chi connectivity index (χ2n) is 5.08. The Morgan fingerprint density at radius 1 is 1.00 bits per heavy atom. The summed E-state index contributed by atoms with van der Waals surface area (Å²) in [5, 5.41) is 18.6. The molecule has 0 bridgehead atoms. The highest BCUT2D eigenvalue weighted by Gasteiger charge is 2.13. The highest BCUT2D eigenvalue weighted by molar-refractivity contribution is 5.75. The van der Waals surface area contributed by atoms with Crippen LogP contribution in [0.4, 0.5) is 0 Å². The monoisotopic (exact) mass is 302 g/mol. The smallest absolute Gasteiger partial charge is 0.145 e. The molecule has 0 aliphatic rings. The van der Waals surface area contributed by atoms with Crippen molar-refractivity contribution < 1.29 is 4.74 Å². The maximum absolute atomic E-state index is 9.39. The average molecular weight is 302 g/mol. The van der Waals surface area contributed by atoms with E-state index in [4.69, 9.17) is 10.00 Å². The van der Waals surface area contributed by atoms with Gasteiger partial charge in [0.15, 0.2) is 0 Å². The second kappa shape index (κ2) is 8.41. The third-order valence-corrected chi connectivity index (χ3v) is 3.42. The van der Waals surface area contributed by atoms with Crippen LogP contribution in [-0.4, -0.2) is 6.61 Å². The third kappa shape index (κ3) is 4.22. The van der Waals surface area contributed by atoms with Gasteiger partial charge in [0, 0.05) is 5.56 Å². The number of unbranched alkanes of at least 4 members (excludes halogenated alkanes) is 1. The van der Waals surface area contributed by atoms with Gasteiger partial charge >= 0.3 is 0 Å². The van der Waals surface area contributed by atoms with Gasteiger partial charge in [0.2, 0.25) is 0 Å². The average Bonchev–Trinajstić information content (AvgIpc) is 2.61. The van der Waals surface area contributed by atoms with Gasteiger partial charge in [-0.15, -0.1) is 0 Å². The molecule has 0 atom stereocenters. The Morgan fingerprint density at radius 3 is 2.43 bits per heavy atom. The zero-order valence-corrected chi connectivity index (χ0v) is 13.1. The van der Waals surface area contributed by atoms with Crippen molar-refractivity contribution in [3.05, 3.63) is 64.7 Å². The molecule has 0 unspecified atom stereocenters. The SMILES string of the molecule is CCCCOc1c(/C=C/c2ccccc2)ccc(C#N)c1C#N. The van der Waals surface area contributed by atoms with E-state index in [1.54, 1.807) is 6.07 Å². The molecule has 0 amide bonds. The van der Waals surface area contributed by atoms with Gasteiger partial charge in [0.1, 0.15) is 23.5 Å². The van der Waals surface area contributed by atoms with E-state index < -0.39 is 0 Å². The van der Waals surface area contributed by atoms with Gasteiger partial charge in [0.05, 0.1) is 12.2 Å². The standard InChI is InChI=1S/C20H18N2O/c1-2-3-13-23-20-17(10-9-16-7-5-4-6-8-16)11-12-18(14-21)19(20)15-22/h4-12H,2-3,13H2,1H3/b10-9+. The molecule has 0 aliphatic carbocycles. The van der Waals surface area contributed by atoms with E-state index in [1.807, 2.05) is 48.6 Å². The van der Waals surface area contributed by atoms with Gasteiger partial charge in [0.25, 0.3) is 0 Å². The number of rotatable bonds is 6. The summed E-state index contributed by atoms with van der Waals surface area (Å²) in [5.74, 6) is 0.493. The van der Waals surface area contributed by atoms with Crippen LogP contribution in [0.15, 0.2) is 42.5 Å². The minimum absolute atomic E-state index is 0.304. The highest BCUT2D eigenvalue weighted by atomic mass is 16.5. The first-order valence-electron chi connectivity index (χ1n) is 7.63. The number of hydrogen-bond donors (Lipinski definition) is 0. The molecule has 0 aromatic heterocycles. The molecule has 3 nitrogen and oxygen atoms in total. The molecule has 0 saturated heterocycles. The van der Waals surface area contributed by atoms with Gasteiger partial charge in [-0.3, -0.25) is 0 Å². The molecular formula is C20H18N2O. The van der Waals surface area contributed by atoms with Crippen LogP contribution in [0.3, 0.4) is 0 Å². The molecule has 0 heterocycles. The van der Waals surface area contributed by atoms with E-state index in [0.29, 0.717) is 23.5 Å². The Balaban J connectivity index is 2.40. The van der Waals surface area contributed by atoms with Crippen molar-refractivity contribution in [3.63, 3.8) is 0 Å². The first-order chi connectivity index (χ1) is 11.3. The van der Waals surface area contributed by atoms with Crippen molar-refractivity contribution in [2.75, 3.05) is 6.61 Å². The van der Waals surface area contributed by atoms with E-state index in [0.717, 1.165) is 24.0 Å². The molecule has 0 saturated carbocycles. The largest absolute Gasteiger partial charge is 0.492 e. The Bertz CT molecular complexity index is 765. The van der Waals surface area contributed by atoms with Crippen LogP contribution in [-0.2, 0) is 0 Å². The number of nitriles is 2. The zero-order valence-electron chi connectivity index (χ0n) is 13.1. The van der Waals surface area contributed by atoms with Crippen molar-refractivity contribution in [1.29, 1.82) is 10.5 Å². The van der Waals surface area contributed by atoms with E-state index >= 15 is 0 Å². The molecule has 3 heteroatoms. The quantitative estimate of drug-likeness (QED) is 0.570. The van der Waals surface area contributed by atoms with Crippen LogP contribution in [0.5, 0.6) is 5.75 Å². The number of ether oxygens (including phenoxy) is 1. The molecule has 0 radical (unpaired) electrons. The maximum atomic E-state index is 9.39. The van der Waals surface area contributed by atoms with Crippen LogP contribution in [0.25, 0.3) is 12.2 Å². The molecule has 0 aliphatic heterocycles. The molecular weight excluding hydrogens is 284 g/mol. The van der Waals surface area contributed by atoms with E-state index in [2.05, 4.69) is 19.1 Å². The van der Waals surface area contributed by atoms with Gasteiger partial charge < -0.3 is 4.74 Å². The molecule has 2 aromatic rings. The summed E-state index contributed by atoms with van der Waals surface area (Å²) in [6.07, 6.45) is 5.80. The summed E-state index contributed by atoms with van der Waals surface area (Å²) in [7, 11) is 0. The topological polar surface area (TPSA) is 56.8 Å². The molecule has 2 aromatic carbocycles. The fourth-order valence-corrected chi connectivity index (χ4v) is 2.16. The van der Waals surface area contributed by atoms with Crippen molar-refractivity contribution in [2.24, 2.45) is 0 Å². The third-order valence-electron chi connectivity index (χ3n) is 3.42. The normalized spacial score (nSPS) is 10.2. The lowest BCUT2D eigenvalue weighted by molar-refractivity contribution is 0.308. The number of nitrogens with zero attached hydrogens (tertiary/aromatic N) is 2. The Labute approximate surface area is 137 Å². The fourth-order valence-electron chi connectivity index (χ4n) is 2.16. The van der Waals surface area contributed by atoms with Crippen molar-refractivity contribution in [1.82, 2.24) is 0 Å².